The SMILES string of the molecule is Cc1ccccc1C(C)NC(C)C1CCCN(C(=O)OC(C)(C)C)C1. The van der Waals surface area contributed by atoms with Crippen molar-refractivity contribution in [3.8, 4) is 0 Å². The normalized spacial score (nSPS) is 20.9. The molecule has 0 aromatic heterocycles. The molecule has 1 aliphatic heterocycles. The van der Waals surface area contributed by atoms with E-state index in [1.807, 2.05) is 25.7 Å². The number of hydrogen-bond donors (Lipinski definition) is 1. The third-order valence-corrected chi connectivity index (χ3v) is 4.98. The zero-order valence-corrected chi connectivity index (χ0v) is 16.6. The van der Waals surface area contributed by atoms with Crippen LogP contribution in [0.5, 0.6) is 0 Å². The molecule has 0 radical (unpaired) electrons. The van der Waals surface area contributed by atoms with Crippen molar-refractivity contribution in [2.75, 3.05) is 13.1 Å². The molecular weight excluding hydrogens is 312 g/mol. The number of nitrogens with one attached hydrogen (secondary N) is 1. The second-order valence-corrected chi connectivity index (χ2v) is 8.36. The van der Waals surface area contributed by atoms with E-state index in [1.165, 1.54) is 11.1 Å². The number of carbonyl (C=O) groups excluding carboxylic acids is 1. The van der Waals surface area contributed by atoms with Crippen LogP contribution < -0.4 is 5.32 Å². The molecule has 4 heteroatoms. The van der Waals surface area contributed by atoms with E-state index < -0.39 is 5.60 Å². The lowest BCUT2D eigenvalue weighted by Crippen LogP contribution is -2.48. The van der Waals surface area contributed by atoms with Gasteiger partial charge in [0.25, 0.3) is 0 Å². The molecule has 0 bridgehead atoms. The Morgan fingerprint density at radius 3 is 2.60 bits per heavy atom. The predicted octanol–water partition coefficient (Wildman–Crippen LogP) is 4.68. The van der Waals surface area contributed by atoms with Crippen molar-refractivity contribution in [3.05, 3.63) is 35.4 Å². The first-order valence-corrected chi connectivity index (χ1v) is 9.47. The number of carbonyl (C=O) groups is 1. The Balaban J connectivity index is 1.94. The van der Waals surface area contributed by atoms with Gasteiger partial charge in [-0.05, 0) is 71.4 Å². The zero-order valence-electron chi connectivity index (χ0n) is 16.6. The first-order chi connectivity index (χ1) is 11.7. The van der Waals surface area contributed by atoms with Crippen LogP contribution in [-0.2, 0) is 4.74 Å². The van der Waals surface area contributed by atoms with Gasteiger partial charge < -0.3 is 15.0 Å². The smallest absolute Gasteiger partial charge is 0.410 e. The average Bonchev–Trinajstić information content (AvgIpc) is 2.53. The third kappa shape index (κ3) is 5.74. The molecule has 1 N–H and O–H groups in total. The summed E-state index contributed by atoms with van der Waals surface area (Å²) >= 11 is 0. The highest BCUT2D eigenvalue weighted by Gasteiger charge is 2.30. The largest absolute Gasteiger partial charge is 0.444 e. The van der Waals surface area contributed by atoms with Crippen molar-refractivity contribution >= 4 is 6.09 Å². The molecule has 1 saturated heterocycles. The summed E-state index contributed by atoms with van der Waals surface area (Å²) in [7, 11) is 0. The van der Waals surface area contributed by atoms with Gasteiger partial charge in [0, 0.05) is 25.2 Å². The van der Waals surface area contributed by atoms with Crippen LogP contribution >= 0.6 is 0 Å². The van der Waals surface area contributed by atoms with Crippen molar-refractivity contribution in [2.45, 2.75) is 72.1 Å². The molecule has 3 atom stereocenters. The Hall–Kier alpha value is -1.55. The highest BCUT2D eigenvalue weighted by molar-refractivity contribution is 5.68. The van der Waals surface area contributed by atoms with Gasteiger partial charge in [-0.3, -0.25) is 0 Å². The second kappa shape index (κ2) is 8.22. The van der Waals surface area contributed by atoms with Crippen LogP contribution in [-0.4, -0.2) is 35.7 Å². The first-order valence-electron chi connectivity index (χ1n) is 9.47. The van der Waals surface area contributed by atoms with Crippen LogP contribution in [0.4, 0.5) is 4.79 Å². The monoisotopic (exact) mass is 346 g/mol. The quantitative estimate of drug-likeness (QED) is 0.860. The van der Waals surface area contributed by atoms with Crippen LogP contribution in [0.1, 0.15) is 64.6 Å². The molecule has 0 aliphatic carbocycles. The van der Waals surface area contributed by atoms with Gasteiger partial charge >= 0.3 is 6.09 Å². The maximum absolute atomic E-state index is 12.4. The topological polar surface area (TPSA) is 41.6 Å². The Bertz CT molecular complexity index is 580. The van der Waals surface area contributed by atoms with Crippen molar-refractivity contribution in [1.82, 2.24) is 10.2 Å². The molecule has 1 aliphatic rings. The molecule has 1 aromatic rings. The Labute approximate surface area is 152 Å². The minimum atomic E-state index is -0.437. The molecule has 4 nitrogen and oxygen atoms in total. The lowest BCUT2D eigenvalue weighted by molar-refractivity contribution is 0.0146. The number of nitrogens with zero attached hydrogens (tertiary/aromatic N) is 1. The average molecular weight is 347 g/mol. The summed E-state index contributed by atoms with van der Waals surface area (Å²) in [5.74, 6) is 0.452. The van der Waals surface area contributed by atoms with Gasteiger partial charge in [0.15, 0.2) is 0 Å². The molecule has 1 heterocycles. The number of benzene rings is 1. The van der Waals surface area contributed by atoms with E-state index in [9.17, 15) is 4.79 Å². The summed E-state index contributed by atoms with van der Waals surface area (Å²) in [6.07, 6.45) is 2.00. The molecule has 1 aromatic carbocycles. The van der Waals surface area contributed by atoms with Crippen molar-refractivity contribution in [3.63, 3.8) is 0 Å². The number of rotatable bonds is 4. The molecule has 1 fully saturated rings. The molecule has 2 rings (SSSR count). The third-order valence-electron chi connectivity index (χ3n) is 4.98. The van der Waals surface area contributed by atoms with Gasteiger partial charge in [0.1, 0.15) is 5.60 Å². The zero-order chi connectivity index (χ0) is 18.6. The lowest BCUT2D eigenvalue weighted by Gasteiger charge is -2.37. The maximum Gasteiger partial charge on any atom is 0.410 e. The van der Waals surface area contributed by atoms with Gasteiger partial charge in [-0.25, -0.2) is 4.79 Å². The summed E-state index contributed by atoms with van der Waals surface area (Å²) in [4.78, 5) is 14.2. The lowest BCUT2D eigenvalue weighted by atomic mass is 9.90. The molecule has 25 heavy (non-hydrogen) atoms. The fraction of sp³-hybridized carbons (Fsp3) is 0.667. The van der Waals surface area contributed by atoms with E-state index in [2.05, 4.69) is 50.4 Å². The molecule has 1 amide bonds. The Morgan fingerprint density at radius 1 is 1.28 bits per heavy atom. The van der Waals surface area contributed by atoms with Crippen molar-refractivity contribution in [2.24, 2.45) is 5.92 Å². The molecule has 0 spiro atoms. The van der Waals surface area contributed by atoms with E-state index >= 15 is 0 Å². The summed E-state index contributed by atoms with van der Waals surface area (Å²) < 4.78 is 5.54. The Morgan fingerprint density at radius 2 is 1.96 bits per heavy atom. The first kappa shape index (κ1) is 19.8. The molecular formula is C21H34N2O2. The van der Waals surface area contributed by atoms with Crippen LogP contribution in [0, 0.1) is 12.8 Å². The van der Waals surface area contributed by atoms with E-state index in [-0.39, 0.29) is 6.09 Å². The van der Waals surface area contributed by atoms with Crippen LogP contribution in [0.15, 0.2) is 24.3 Å². The van der Waals surface area contributed by atoms with E-state index in [0.29, 0.717) is 18.0 Å². The standard InChI is InChI=1S/C21H34N2O2/c1-15-10-7-8-12-19(15)17(3)22-16(2)18-11-9-13-23(14-18)20(24)25-21(4,5)6/h7-8,10,12,16-18,22H,9,11,13-14H2,1-6H3. The van der Waals surface area contributed by atoms with Crippen molar-refractivity contribution < 1.29 is 9.53 Å². The molecule has 3 unspecified atom stereocenters. The van der Waals surface area contributed by atoms with Crippen LogP contribution in [0.2, 0.25) is 0 Å². The predicted molar refractivity (Wildman–Crippen MR) is 103 cm³/mol. The van der Waals surface area contributed by atoms with E-state index in [1.54, 1.807) is 0 Å². The number of likely N-dealkylation sites (tertiary alicyclic amines) is 1. The highest BCUT2D eigenvalue weighted by Crippen LogP contribution is 2.24. The number of piperidine rings is 1. The van der Waals surface area contributed by atoms with E-state index in [4.69, 9.17) is 4.74 Å². The minimum absolute atomic E-state index is 0.184. The number of ether oxygens (including phenoxy) is 1. The van der Waals surface area contributed by atoms with Crippen LogP contribution in [0.3, 0.4) is 0 Å². The maximum atomic E-state index is 12.4. The van der Waals surface area contributed by atoms with Gasteiger partial charge in [-0.2, -0.15) is 0 Å². The number of hydrogen-bond acceptors (Lipinski definition) is 3. The van der Waals surface area contributed by atoms with Gasteiger partial charge in [-0.15, -0.1) is 0 Å². The number of aryl methyl sites for hydroxylation is 1. The van der Waals surface area contributed by atoms with Crippen molar-refractivity contribution in [1.29, 1.82) is 0 Å². The molecule has 0 saturated carbocycles. The fourth-order valence-corrected chi connectivity index (χ4v) is 3.60. The molecule has 140 valence electrons. The summed E-state index contributed by atoms with van der Waals surface area (Å²) in [6.45, 7) is 13.9. The second-order valence-electron chi connectivity index (χ2n) is 8.36. The number of amides is 1. The van der Waals surface area contributed by atoms with Gasteiger partial charge in [-0.1, -0.05) is 24.3 Å². The van der Waals surface area contributed by atoms with Gasteiger partial charge in [0.2, 0.25) is 0 Å². The van der Waals surface area contributed by atoms with Gasteiger partial charge in [0.05, 0.1) is 0 Å². The van der Waals surface area contributed by atoms with Crippen LogP contribution in [0.25, 0.3) is 0 Å². The summed E-state index contributed by atoms with van der Waals surface area (Å²) in [5.41, 5.74) is 2.22. The minimum Gasteiger partial charge on any atom is -0.444 e. The Kier molecular flexibility index (Phi) is 6.50. The highest BCUT2D eigenvalue weighted by atomic mass is 16.6. The summed E-state index contributed by atoms with van der Waals surface area (Å²) in [5, 5.41) is 3.74. The summed E-state index contributed by atoms with van der Waals surface area (Å²) in [6, 6.07) is 9.16. The van der Waals surface area contributed by atoms with E-state index in [0.717, 1.165) is 25.9 Å². The fourth-order valence-electron chi connectivity index (χ4n) is 3.60.